The van der Waals surface area contributed by atoms with Crippen molar-refractivity contribution in [2.45, 2.75) is 61.2 Å². The van der Waals surface area contributed by atoms with Crippen LogP contribution < -0.4 is 10.0 Å². The average molecular weight is 636 g/mol. The Hall–Kier alpha value is -3.10. The third kappa shape index (κ3) is 6.76. The number of alkyl halides is 3. The maximum atomic E-state index is 15.2. The molecule has 1 aliphatic heterocycles. The van der Waals surface area contributed by atoms with Gasteiger partial charge in [-0.2, -0.15) is 13.2 Å². The Morgan fingerprint density at radius 3 is 2.38 bits per heavy atom. The van der Waals surface area contributed by atoms with Crippen LogP contribution in [0.2, 0.25) is 0 Å². The minimum Gasteiger partial charge on any atom is -0.378 e. The second kappa shape index (κ2) is 12.6. The van der Waals surface area contributed by atoms with Gasteiger partial charge in [0.1, 0.15) is 34.5 Å². The molecule has 5 rings (SSSR count). The lowest BCUT2D eigenvalue weighted by Crippen LogP contribution is -2.49. The zero-order valence-electron chi connectivity index (χ0n) is 22.0. The van der Waals surface area contributed by atoms with Gasteiger partial charge < -0.3 is 5.32 Å². The van der Waals surface area contributed by atoms with Crippen LogP contribution in [0.4, 0.5) is 37.8 Å². The van der Waals surface area contributed by atoms with Gasteiger partial charge in [0.15, 0.2) is 0 Å². The van der Waals surface area contributed by atoms with Crippen LogP contribution in [-0.2, 0) is 16.2 Å². The summed E-state index contributed by atoms with van der Waals surface area (Å²) in [5, 5.41) is 3.00. The van der Waals surface area contributed by atoms with Crippen molar-refractivity contribution in [3.63, 3.8) is 0 Å². The number of hydrogen-bond acceptors (Lipinski definition) is 6. The summed E-state index contributed by atoms with van der Waals surface area (Å²) < 4.78 is 113. The zero-order valence-corrected chi connectivity index (χ0v) is 23.7. The summed E-state index contributed by atoms with van der Waals surface area (Å²) in [6.45, 7) is 1.42. The Kier molecular flexibility index (Phi) is 9.58. The van der Waals surface area contributed by atoms with Gasteiger partial charge in [-0.15, -0.1) is 12.4 Å². The summed E-state index contributed by atoms with van der Waals surface area (Å²) in [5.74, 6) is -4.09. The molecule has 2 N–H and O–H groups in total. The summed E-state index contributed by atoms with van der Waals surface area (Å²) in [6.07, 6.45) is 0.337. The molecule has 1 saturated carbocycles. The molecule has 2 aromatic carbocycles. The van der Waals surface area contributed by atoms with Gasteiger partial charge in [-0.3, -0.25) is 9.62 Å². The molecular formula is C27H28ClF6N5O2S. The first kappa shape index (κ1) is 31.8. The third-order valence-corrected chi connectivity index (χ3v) is 9.04. The minimum absolute atomic E-state index is 0. The number of nitrogens with one attached hydrogen (secondary N) is 2. The van der Waals surface area contributed by atoms with Crippen molar-refractivity contribution in [1.82, 2.24) is 14.9 Å². The van der Waals surface area contributed by atoms with Crippen molar-refractivity contribution < 1.29 is 34.8 Å². The largest absolute Gasteiger partial charge is 0.419 e. The highest BCUT2D eigenvalue weighted by Gasteiger charge is 2.40. The molecule has 3 unspecified atom stereocenters. The smallest absolute Gasteiger partial charge is 0.378 e. The highest BCUT2D eigenvalue weighted by atomic mass is 35.5. The number of halogens is 7. The van der Waals surface area contributed by atoms with E-state index in [1.807, 2.05) is 0 Å². The molecule has 7 nitrogen and oxygen atoms in total. The van der Waals surface area contributed by atoms with E-state index in [1.54, 1.807) is 0 Å². The quantitative estimate of drug-likeness (QED) is 0.295. The van der Waals surface area contributed by atoms with Crippen molar-refractivity contribution in [3.05, 3.63) is 77.5 Å². The maximum absolute atomic E-state index is 15.2. The molecule has 0 amide bonds. The number of benzene rings is 2. The summed E-state index contributed by atoms with van der Waals surface area (Å²) in [6, 6.07) is 5.15. The van der Waals surface area contributed by atoms with Crippen LogP contribution in [-0.4, -0.2) is 48.5 Å². The number of anilines is 2. The van der Waals surface area contributed by atoms with Crippen LogP contribution in [0.15, 0.2) is 53.8 Å². The van der Waals surface area contributed by atoms with Crippen LogP contribution in [0.5, 0.6) is 0 Å². The highest BCUT2D eigenvalue weighted by Crippen LogP contribution is 2.41. The summed E-state index contributed by atoms with van der Waals surface area (Å²) in [4.78, 5) is 8.61. The van der Waals surface area contributed by atoms with Gasteiger partial charge in [0.2, 0.25) is 0 Å². The Morgan fingerprint density at radius 2 is 1.71 bits per heavy atom. The van der Waals surface area contributed by atoms with Crippen LogP contribution in [0.3, 0.4) is 0 Å². The van der Waals surface area contributed by atoms with Gasteiger partial charge in [-0.05, 0) is 74.9 Å². The number of rotatable bonds is 7. The number of aromatic nitrogens is 2. The molecule has 1 saturated heterocycles. The number of hydrogen-bond donors (Lipinski definition) is 2. The molecule has 42 heavy (non-hydrogen) atoms. The van der Waals surface area contributed by atoms with E-state index in [-0.39, 0.29) is 35.5 Å². The van der Waals surface area contributed by atoms with Crippen LogP contribution in [0, 0.1) is 17.5 Å². The fourth-order valence-corrected chi connectivity index (χ4v) is 6.83. The van der Waals surface area contributed by atoms with Crippen molar-refractivity contribution in [3.8, 4) is 0 Å². The predicted octanol–water partition coefficient (Wildman–Crippen LogP) is 6.35. The van der Waals surface area contributed by atoms with Gasteiger partial charge in [-0.25, -0.2) is 31.6 Å². The van der Waals surface area contributed by atoms with Gasteiger partial charge in [0.25, 0.3) is 10.0 Å². The van der Waals surface area contributed by atoms with Crippen molar-refractivity contribution in [1.29, 1.82) is 0 Å². The topological polar surface area (TPSA) is 87.2 Å². The van der Waals surface area contributed by atoms with E-state index in [2.05, 4.69) is 24.9 Å². The Bertz CT molecular complexity index is 1510. The van der Waals surface area contributed by atoms with E-state index in [0.29, 0.717) is 44.5 Å². The van der Waals surface area contributed by atoms with Gasteiger partial charge in [0.05, 0.1) is 11.3 Å². The Morgan fingerprint density at radius 1 is 0.976 bits per heavy atom. The normalized spacial score (nSPS) is 21.5. The molecule has 2 aliphatic rings. The van der Waals surface area contributed by atoms with E-state index in [4.69, 9.17) is 0 Å². The van der Waals surface area contributed by atoms with Crippen molar-refractivity contribution in [2.24, 2.45) is 0 Å². The fourth-order valence-electron chi connectivity index (χ4n) is 5.75. The van der Waals surface area contributed by atoms with Gasteiger partial charge in [-0.1, -0.05) is 12.1 Å². The SMILES string of the molecule is Cl.O=S(=O)(Nc1ccncn1)c1cc(F)c(NC2CCC(c3cccc(C(F)(F)F)c3F)CC2N2CCCC2)cc1F. The second-order valence-electron chi connectivity index (χ2n) is 10.2. The second-order valence-corrected chi connectivity index (χ2v) is 11.9. The number of sulfonamides is 1. The van der Waals surface area contributed by atoms with E-state index in [0.717, 1.165) is 25.2 Å². The summed E-state index contributed by atoms with van der Waals surface area (Å²) in [7, 11) is -4.50. The zero-order chi connectivity index (χ0) is 29.4. The van der Waals surface area contributed by atoms with E-state index < -0.39 is 56.1 Å². The van der Waals surface area contributed by atoms with E-state index in [9.17, 15) is 26.0 Å². The predicted molar refractivity (Wildman–Crippen MR) is 146 cm³/mol. The standard InChI is InChI=1S/C27H27F6N5O2S.ClH/c28-19-14-24(41(39,40)37-25-8-9-34-15-35-25)20(29)13-22(19)36-21-7-6-16(12-23(21)38-10-1-2-11-38)17-4-3-5-18(26(17)30)27(31,32)33;/h3-5,8-9,13-16,21,23,36H,1-2,6-7,10-12H2,(H,34,35,37);1H. The van der Waals surface area contributed by atoms with Crippen LogP contribution >= 0.6 is 12.4 Å². The third-order valence-electron chi connectivity index (χ3n) is 7.67. The van der Waals surface area contributed by atoms with Gasteiger partial charge in [0, 0.05) is 24.3 Å². The molecule has 0 bridgehead atoms. The van der Waals surface area contributed by atoms with E-state index >= 15 is 8.78 Å². The Labute approximate surface area is 245 Å². The van der Waals surface area contributed by atoms with Crippen molar-refractivity contribution in [2.75, 3.05) is 23.1 Å². The molecule has 0 radical (unpaired) electrons. The number of nitrogens with zero attached hydrogens (tertiary/aromatic N) is 3. The lowest BCUT2D eigenvalue weighted by molar-refractivity contribution is -0.140. The van der Waals surface area contributed by atoms with Crippen LogP contribution in [0.25, 0.3) is 0 Å². The molecule has 3 aromatic rings. The molecule has 0 spiro atoms. The lowest BCUT2D eigenvalue weighted by Gasteiger charge is -2.42. The fraction of sp³-hybridized carbons (Fsp3) is 0.407. The van der Waals surface area contributed by atoms with Crippen LogP contribution in [0.1, 0.15) is 49.1 Å². The molecule has 15 heteroatoms. The average Bonchev–Trinajstić information content (AvgIpc) is 3.45. The first-order valence-electron chi connectivity index (χ1n) is 13.1. The Balaban J connectivity index is 0.00000405. The summed E-state index contributed by atoms with van der Waals surface area (Å²) >= 11 is 0. The van der Waals surface area contributed by atoms with Gasteiger partial charge >= 0.3 is 6.18 Å². The lowest BCUT2D eigenvalue weighted by atomic mass is 9.77. The molecule has 2 fully saturated rings. The molecule has 228 valence electrons. The first-order valence-corrected chi connectivity index (χ1v) is 14.6. The molecule has 2 heterocycles. The molecule has 1 aromatic heterocycles. The highest BCUT2D eigenvalue weighted by molar-refractivity contribution is 7.92. The molecular weight excluding hydrogens is 608 g/mol. The molecule has 3 atom stereocenters. The molecule has 1 aliphatic carbocycles. The summed E-state index contributed by atoms with van der Waals surface area (Å²) in [5.41, 5.74) is -1.57. The first-order chi connectivity index (χ1) is 19.4. The van der Waals surface area contributed by atoms with E-state index in [1.165, 1.54) is 24.4 Å². The number of likely N-dealkylation sites (tertiary alicyclic amines) is 1. The van der Waals surface area contributed by atoms with Crippen molar-refractivity contribution >= 4 is 33.9 Å². The minimum atomic E-state index is -4.82. The monoisotopic (exact) mass is 635 g/mol. The maximum Gasteiger partial charge on any atom is 0.419 e.